The van der Waals surface area contributed by atoms with Crippen molar-refractivity contribution in [2.75, 3.05) is 5.75 Å². The first-order valence-electron chi connectivity index (χ1n) is 6.64. The van der Waals surface area contributed by atoms with E-state index in [1.54, 1.807) is 0 Å². The molecule has 1 saturated heterocycles. The van der Waals surface area contributed by atoms with Crippen LogP contribution in [0.2, 0.25) is 0 Å². The summed E-state index contributed by atoms with van der Waals surface area (Å²) < 4.78 is 2.16. The van der Waals surface area contributed by atoms with Crippen molar-refractivity contribution in [1.29, 1.82) is 0 Å². The molecule has 98 valence electrons. The summed E-state index contributed by atoms with van der Waals surface area (Å²) in [7, 11) is 0. The van der Waals surface area contributed by atoms with Gasteiger partial charge in [0.15, 0.2) is 0 Å². The fraction of sp³-hybridized carbons (Fsp3) is 0.692. The molecule has 0 saturated carbocycles. The standard InChI is InChI=1S/C13H18N2O2S/c16-13(17)9-4-5-15-8-10(14-12(15)7-9)11-3-1-2-6-18-11/h8-9,11H,1-7H2,(H,16,17). The minimum atomic E-state index is -0.683. The molecule has 2 aliphatic rings. The second-order valence-electron chi connectivity index (χ2n) is 5.16. The third-order valence-corrected chi connectivity index (χ3v) is 5.29. The van der Waals surface area contributed by atoms with E-state index in [4.69, 9.17) is 5.11 Å². The predicted molar refractivity (Wildman–Crippen MR) is 70.7 cm³/mol. The van der Waals surface area contributed by atoms with Gasteiger partial charge in [-0.3, -0.25) is 4.79 Å². The molecular weight excluding hydrogens is 248 g/mol. The van der Waals surface area contributed by atoms with Crippen molar-refractivity contribution >= 4 is 17.7 Å². The highest BCUT2D eigenvalue weighted by Crippen LogP contribution is 2.38. The fourth-order valence-corrected chi connectivity index (χ4v) is 4.06. The van der Waals surface area contributed by atoms with Gasteiger partial charge in [0, 0.05) is 24.4 Å². The van der Waals surface area contributed by atoms with E-state index in [-0.39, 0.29) is 5.92 Å². The Bertz CT molecular complexity index is 452. The average molecular weight is 266 g/mol. The van der Waals surface area contributed by atoms with Crippen LogP contribution in [-0.4, -0.2) is 26.4 Å². The number of thioether (sulfide) groups is 1. The SMILES string of the molecule is O=C(O)C1CCn2cc(C3CCCCS3)nc2C1. The van der Waals surface area contributed by atoms with Gasteiger partial charge in [0.05, 0.1) is 11.6 Å². The number of aromatic nitrogens is 2. The lowest BCUT2D eigenvalue weighted by molar-refractivity contribution is -0.142. The molecular formula is C13H18N2O2S. The van der Waals surface area contributed by atoms with E-state index >= 15 is 0 Å². The number of aliphatic carboxylic acids is 1. The van der Waals surface area contributed by atoms with Gasteiger partial charge in [-0.05, 0) is 25.0 Å². The zero-order valence-corrected chi connectivity index (χ0v) is 11.2. The first-order valence-corrected chi connectivity index (χ1v) is 7.69. The summed E-state index contributed by atoms with van der Waals surface area (Å²) >= 11 is 1.99. The molecule has 1 fully saturated rings. The van der Waals surface area contributed by atoms with Crippen molar-refractivity contribution < 1.29 is 9.90 Å². The van der Waals surface area contributed by atoms with Crippen LogP contribution in [0.5, 0.6) is 0 Å². The van der Waals surface area contributed by atoms with Crippen LogP contribution in [0, 0.1) is 5.92 Å². The van der Waals surface area contributed by atoms with Crippen LogP contribution in [0.15, 0.2) is 6.20 Å². The zero-order valence-electron chi connectivity index (χ0n) is 10.3. The maximum atomic E-state index is 11.0. The van der Waals surface area contributed by atoms with Gasteiger partial charge in [-0.25, -0.2) is 4.98 Å². The highest BCUT2D eigenvalue weighted by Gasteiger charge is 2.27. The highest BCUT2D eigenvalue weighted by molar-refractivity contribution is 7.99. The number of nitrogens with zero attached hydrogens (tertiary/aromatic N) is 2. The molecule has 1 aromatic heterocycles. The lowest BCUT2D eigenvalue weighted by Gasteiger charge is -2.19. The van der Waals surface area contributed by atoms with Crippen molar-refractivity contribution in [3.05, 3.63) is 17.7 Å². The highest BCUT2D eigenvalue weighted by atomic mass is 32.2. The topological polar surface area (TPSA) is 55.1 Å². The van der Waals surface area contributed by atoms with Gasteiger partial charge in [0.25, 0.3) is 0 Å². The Balaban J connectivity index is 1.78. The maximum Gasteiger partial charge on any atom is 0.307 e. The lowest BCUT2D eigenvalue weighted by atomic mass is 9.98. The Hall–Kier alpha value is -0.970. The summed E-state index contributed by atoms with van der Waals surface area (Å²) in [6, 6.07) is 0. The van der Waals surface area contributed by atoms with Crippen LogP contribution in [-0.2, 0) is 17.8 Å². The summed E-state index contributed by atoms with van der Waals surface area (Å²) in [5, 5.41) is 9.61. The van der Waals surface area contributed by atoms with E-state index < -0.39 is 5.97 Å². The Morgan fingerprint density at radius 2 is 2.33 bits per heavy atom. The molecule has 0 aromatic carbocycles. The van der Waals surface area contributed by atoms with E-state index in [0.717, 1.165) is 18.8 Å². The molecule has 5 heteroatoms. The Morgan fingerprint density at radius 3 is 3.06 bits per heavy atom. The summed E-state index contributed by atoms with van der Waals surface area (Å²) in [5.41, 5.74) is 1.17. The molecule has 3 heterocycles. The monoisotopic (exact) mass is 266 g/mol. The van der Waals surface area contributed by atoms with Crippen molar-refractivity contribution in [3.8, 4) is 0 Å². The molecule has 2 atom stereocenters. The minimum absolute atomic E-state index is 0.244. The number of hydrogen-bond acceptors (Lipinski definition) is 3. The van der Waals surface area contributed by atoms with Gasteiger partial charge in [-0.15, -0.1) is 0 Å². The van der Waals surface area contributed by atoms with Crippen molar-refractivity contribution in [3.63, 3.8) is 0 Å². The third-order valence-electron chi connectivity index (χ3n) is 3.88. The Labute approximate surface area is 111 Å². The molecule has 3 rings (SSSR count). The van der Waals surface area contributed by atoms with Crippen molar-refractivity contribution in [1.82, 2.24) is 9.55 Å². The normalized spacial score (nSPS) is 27.8. The number of rotatable bonds is 2. The van der Waals surface area contributed by atoms with Crippen molar-refractivity contribution in [2.24, 2.45) is 5.92 Å². The van der Waals surface area contributed by atoms with Crippen LogP contribution in [0.1, 0.15) is 42.5 Å². The third kappa shape index (κ3) is 2.28. The average Bonchev–Trinajstić information content (AvgIpc) is 2.82. The summed E-state index contributed by atoms with van der Waals surface area (Å²) in [4.78, 5) is 15.7. The van der Waals surface area contributed by atoms with Gasteiger partial charge in [0.1, 0.15) is 5.82 Å². The first kappa shape index (κ1) is 12.1. The number of carboxylic acids is 1. The molecule has 2 aliphatic heterocycles. The van der Waals surface area contributed by atoms with Crippen LogP contribution >= 0.6 is 11.8 Å². The molecule has 1 aromatic rings. The van der Waals surface area contributed by atoms with Gasteiger partial charge in [-0.1, -0.05) is 6.42 Å². The number of imidazole rings is 1. The minimum Gasteiger partial charge on any atom is -0.481 e. The molecule has 0 spiro atoms. The molecule has 18 heavy (non-hydrogen) atoms. The second kappa shape index (κ2) is 4.96. The van der Waals surface area contributed by atoms with Crippen LogP contribution in [0.3, 0.4) is 0 Å². The Kier molecular flexibility index (Phi) is 3.33. The lowest BCUT2D eigenvalue weighted by Crippen LogP contribution is -2.25. The van der Waals surface area contributed by atoms with E-state index in [2.05, 4.69) is 15.7 Å². The number of carboxylic acid groups (broad SMARTS) is 1. The van der Waals surface area contributed by atoms with E-state index in [9.17, 15) is 4.79 Å². The largest absolute Gasteiger partial charge is 0.481 e. The summed E-state index contributed by atoms with van der Waals surface area (Å²) in [5.74, 6) is 1.27. The quantitative estimate of drug-likeness (QED) is 0.893. The maximum absolute atomic E-state index is 11.0. The summed E-state index contributed by atoms with van der Waals surface area (Å²) in [6.07, 6.45) is 7.29. The molecule has 0 aliphatic carbocycles. The van der Waals surface area contributed by atoms with E-state index in [0.29, 0.717) is 11.7 Å². The molecule has 0 bridgehead atoms. The van der Waals surface area contributed by atoms with Crippen LogP contribution in [0.25, 0.3) is 0 Å². The summed E-state index contributed by atoms with van der Waals surface area (Å²) in [6.45, 7) is 0.802. The molecule has 2 unspecified atom stereocenters. The number of hydrogen-bond donors (Lipinski definition) is 1. The fourth-order valence-electron chi connectivity index (χ4n) is 2.79. The molecule has 0 radical (unpaired) electrons. The molecule has 1 N–H and O–H groups in total. The smallest absolute Gasteiger partial charge is 0.307 e. The molecule has 4 nitrogen and oxygen atoms in total. The molecule has 0 amide bonds. The van der Waals surface area contributed by atoms with Gasteiger partial charge in [-0.2, -0.15) is 11.8 Å². The number of aryl methyl sites for hydroxylation is 1. The van der Waals surface area contributed by atoms with Gasteiger partial charge < -0.3 is 9.67 Å². The zero-order chi connectivity index (χ0) is 12.5. The number of carbonyl (C=O) groups is 1. The number of fused-ring (bicyclic) bond motifs is 1. The van der Waals surface area contributed by atoms with E-state index in [1.165, 1.54) is 30.7 Å². The van der Waals surface area contributed by atoms with Crippen LogP contribution < -0.4 is 0 Å². The van der Waals surface area contributed by atoms with Crippen LogP contribution in [0.4, 0.5) is 0 Å². The van der Waals surface area contributed by atoms with Gasteiger partial charge in [0.2, 0.25) is 0 Å². The van der Waals surface area contributed by atoms with Gasteiger partial charge >= 0.3 is 5.97 Å². The first-order chi connectivity index (χ1) is 8.74. The predicted octanol–water partition coefficient (Wildman–Crippen LogP) is 2.49. The Morgan fingerprint density at radius 1 is 1.44 bits per heavy atom. The second-order valence-corrected chi connectivity index (χ2v) is 6.47. The van der Waals surface area contributed by atoms with Crippen molar-refractivity contribution in [2.45, 2.75) is 43.9 Å². The van der Waals surface area contributed by atoms with E-state index in [1.807, 2.05) is 11.8 Å².